The second kappa shape index (κ2) is 11.2. The van der Waals surface area contributed by atoms with Crippen molar-refractivity contribution in [3.8, 4) is 16.9 Å². The van der Waals surface area contributed by atoms with Crippen LogP contribution < -0.4 is 10.1 Å². The van der Waals surface area contributed by atoms with E-state index in [1.54, 1.807) is 19.5 Å². The molecule has 0 spiro atoms. The molecule has 5 rings (SSSR count). The topological polar surface area (TPSA) is 54.5 Å². The van der Waals surface area contributed by atoms with Gasteiger partial charge in [0.25, 0.3) is 5.91 Å². The van der Waals surface area contributed by atoms with Crippen molar-refractivity contribution in [2.75, 3.05) is 14.2 Å². The molecule has 1 N–H and O–H groups in total. The molecule has 2 aliphatic rings. The van der Waals surface area contributed by atoms with Crippen molar-refractivity contribution in [3.63, 3.8) is 0 Å². The molecule has 1 aromatic heterocycles. The predicted molar refractivity (Wildman–Crippen MR) is 145 cm³/mol. The highest BCUT2D eigenvalue weighted by molar-refractivity contribution is 6.52. The molecule has 0 bridgehead atoms. The summed E-state index contributed by atoms with van der Waals surface area (Å²) in [5.41, 5.74) is 3.19. The van der Waals surface area contributed by atoms with Gasteiger partial charge in [0.05, 0.1) is 12.1 Å². The van der Waals surface area contributed by atoms with Crippen molar-refractivity contribution in [1.29, 1.82) is 0 Å². The lowest BCUT2D eigenvalue weighted by atomic mass is 9.89. The van der Waals surface area contributed by atoms with Gasteiger partial charge in [0, 0.05) is 54.1 Å². The van der Waals surface area contributed by atoms with Crippen LogP contribution in [0, 0.1) is 11.6 Å². The Labute approximate surface area is 226 Å². The highest BCUT2D eigenvalue weighted by Crippen LogP contribution is 2.40. The van der Waals surface area contributed by atoms with Crippen molar-refractivity contribution in [2.24, 2.45) is 0 Å². The third kappa shape index (κ3) is 5.18. The number of hydrogen-bond acceptors (Lipinski definition) is 4. The number of pyridine rings is 1. The number of nitrogens with one attached hydrogen (secondary N) is 1. The van der Waals surface area contributed by atoms with E-state index in [4.69, 9.17) is 16.3 Å². The predicted octanol–water partition coefficient (Wildman–Crippen LogP) is 6.10. The number of rotatable bonds is 7. The van der Waals surface area contributed by atoms with Crippen molar-refractivity contribution in [3.05, 3.63) is 88.8 Å². The smallest absolute Gasteiger partial charge is 0.252 e. The average Bonchev–Trinajstić information content (AvgIpc) is 3.32. The van der Waals surface area contributed by atoms with Crippen LogP contribution in [0.1, 0.15) is 42.4 Å². The number of halogens is 3. The van der Waals surface area contributed by atoms with E-state index >= 15 is 0 Å². The number of carbonyl (C=O) groups is 1. The first-order valence-electron chi connectivity index (χ1n) is 12.8. The van der Waals surface area contributed by atoms with Crippen LogP contribution >= 0.6 is 11.6 Å². The van der Waals surface area contributed by atoms with Crippen LogP contribution in [0.3, 0.4) is 0 Å². The molecule has 0 atom stereocenters. The third-order valence-corrected chi connectivity index (χ3v) is 8.09. The van der Waals surface area contributed by atoms with Gasteiger partial charge < -0.3 is 15.0 Å². The van der Waals surface area contributed by atoms with Crippen molar-refractivity contribution < 1.29 is 18.3 Å². The van der Waals surface area contributed by atoms with Gasteiger partial charge in [-0.05, 0) is 91.9 Å². The molecule has 0 unspecified atom stereocenters. The summed E-state index contributed by atoms with van der Waals surface area (Å²) in [5, 5.41) is 3.33. The zero-order valence-electron chi connectivity index (χ0n) is 21.4. The van der Waals surface area contributed by atoms with E-state index in [1.165, 1.54) is 0 Å². The van der Waals surface area contributed by atoms with E-state index in [-0.39, 0.29) is 40.1 Å². The number of aromatic nitrogens is 1. The molecular formula is C30H30ClF2N3O2. The van der Waals surface area contributed by atoms with Gasteiger partial charge >= 0.3 is 0 Å². The summed E-state index contributed by atoms with van der Waals surface area (Å²) in [7, 11) is 3.56. The quantitative estimate of drug-likeness (QED) is 0.395. The SMILES string of the molecule is CNC1CCC(N(Cc2cc(OC)cc(-c3ccncc3)c2)C(=O)C2=C(Cl)c3c(F)ccc(F)c3C2)CC1. The summed E-state index contributed by atoms with van der Waals surface area (Å²) >= 11 is 6.55. The third-order valence-electron chi connectivity index (χ3n) is 7.68. The number of fused-ring (bicyclic) bond motifs is 1. The molecular weight excluding hydrogens is 508 g/mol. The van der Waals surface area contributed by atoms with Gasteiger partial charge in [-0.2, -0.15) is 0 Å². The van der Waals surface area contributed by atoms with E-state index in [2.05, 4.69) is 10.3 Å². The molecule has 0 radical (unpaired) electrons. The lowest BCUT2D eigenvalue weighted by Crippen LogP contribution is -2.45. The first-order chi connectivity index (χ1) is 18.4. The van der Waals surface area contributed by atoms with Crippen LogP contribution in [0.15, 0.2) is 60.4 Å². The monoisotopic (exact) mass is 537 g/mol. The highest BCUT2D eigenvalue weighted by Gasteiger charge is 2.36. The number of amides is 1. The Bertz CT molecular complexity index is 1370. The molecule has 38 heavy (non-hydrogen) atoms. The molecule has 0 aliphatic heterocycles. The Balaban J connectivity index is 1.51. The van der Waals surface area contributed by atoms with Gasteiger partial charge in [0.1, 0.15) is 17.4 Å². The summed E-state index contributed by atoms with van der Waals surface area (Å²) in [6, 6.07) is 12.3. The standard InChI is InChI=1S/C30H30ClF2N3O2/c1-34-21-3-5-22(6-4-21)36(30(37)25-16-24-26(32)7-8-27(33)28(24)29(25)31)17-18-13-20(15-23(14-18)38-2)19-9-11-35-12-10-19/h7-15,21-22,34H,3-6,16-17H2,1-2H3. The van der Waals surface area contributed by atoms with E-state index < -0.39 is 11.6 Å². The molecule has 2 aromatic carbocycles. The average molecular weight is 538 g/mol. The fourth-order valence-electron chi connectivity index (χ4n) is 5.57. The number of carbonyl (C=O) groups excluding carboxylic acids is 1. The van der Waals surface area contributed by atoms with Crippen molar-refractivity contribution >= 4 is 22.5 Å². The number of ether oxygens (including phenoxy) is 1. The maximum atomic E-state index is 14.6. The molecule has 1 saturated carbocycles. The van der Waals surface area contributed by atoms with Crippen LogP contribution in [0.25, 0.3) is 16.2 Å². The van der Waals surface area contributed by atoms with Crippen LogP contribution in [0.4, 0.5) is 8.78 Å². The molecule has 1 fully saturated rings. The minimum Gasteiger partial charge on any atom is -0.497 e. The lowest BCUT2D eigenvalue weighted by molar-refractivity contribution is -0.130. The molecule has 1 heterocycles. The van der Waals surface area contributed by atoms with Crippen LogP contribution in [-0.2, 0) is 17.8 Å². The Kier molecular flexibility index (Phi) is 7.77. The summed E-state index contributed by atoms with van der Waals surface area (Å²) in [6.45, 7) is 0.317. The van der Waals surface area contributed by atoms with Crippen molar-refractivity contribution in [1.82, 2.24) is 15.2 Å². The van der Waals surface area contributed by atoms with E-state index in [0.29, 0.717) is 18.3 Å². The van der Waals surface area contributed by atoms with E-state index in [9.17, 15) is 13.6 Å². The molecule has 3 aromatic rings. The Hall–Kier alpha value is -3.29. The van der Waals surface area contributed by atoms with Gasteiger partial charge in [-0.15, -0.1) is 0 Å². The number of methoxy groups -OCH3 is 1. The number of benzene rings is 2. The second-order valence-corrected chi connectivity index (χ2v) is 10.3. The Morgan fingerprint density at radius 2 is 1.76 bits per heavy atom. The fraction of sp³-hybridized carbons (Fsp3) is 0.333. The van der Waals surface area contributed by atoms with Gasteiger partial charge in [0.2, 0.25) is 0 Å². The minimum absolute atomic E-state index is 0.000900. The van der Waals surface area contributed by atoms with Crippen molar-refractivity contribution in [2.45, 2.75) is 50.7 Å². The molecule has 1 amide bonds. The first-order valence-corrected chi connectivity index (χ1v) is 13.2. The maximum Gasteiger partial charge on any atom is 0.252 e. The van der Waals surface area contributed by atoms with Gasteiger partial charge in [-0.25, -0.2) is 8.78 Å². The van der Waals surface area contributed by atoms with E-state index in [0.717, 1.165) is 54.5 Å². The van der Waals surface area contributed by atoms with Crippen LogP contribution in [0.2, 0.25) is 0 Å². The second-order valence-electron chi connectivity index (χ2n) is 9.88. The van der Waals surface area contributed by atoms with E-state index in [1.807, 2.05) is 42.3 Å². The Morgan fingerprint density at radius 3 is 2.42 bits per heavy atom. The molecule has 198 valence electrons. The van der Waals surface area contributed by atoms with Crippen LogP contribution in [0.5, 0.6) is 5.75 Å². The maximum absolute atomic E-state index is 14.6. The minimum atomic E-state index is -0.620. The number of nitrogens with zero attached hydrogens (tertiary/aromatic N) is 2. The first kappa shape index (κ1) is 26.3. The summed E-state index contributed by atoms with van der Waals surface area (Å²) in [4.78, 5) is 20.0. The van der Waals surface area contributed by atoms with Gasteiger partial charge in [-0.3, -0.25) is 9.78 Å². The molecule has 8 heteroatoms. The molecule has 0 saturated heterocycles. The summed E-state index contributed by atoms with van der Waals surface area (Å²) in [6.07, 6.45) is 6.94. The summed E-state index contributed by atoms with van der Waals surface area (Å²) in [5.74, 6) is -0.787. The summed E-state index contributed by atoms with van der Waals surface area (Å²) < 4.78 is 34.7. The normalized spacial score (nSPS) is 18.9. The van der Waals surface area contributed by atoms with Gasteiger partial charge in [-0.1, -0.05) is 11.6 Å². The zero-order chi connectivity index (χ0) is 26.8. The largest absolute Gasteiger partial charge is 0.497 e. The highest BCUT2D eigenvalue weighted by atomic mass is 35.5. The molecule has 5 nitrogen and oxygen atoms in total. The number of hydrogen-bond donors (Lipinski definition) is 1. The molecule has 2 aliphatic carbocycles. The van der Waals surface area contributed by atoms with Crippen LogP contribution in [-0.4, -0.2) is 42.0 Å². The van der Waals surface area contributed by atoms with Gasteiger partial charge in [0.15, 0.2) is 0 Å². The fourth-order valence-corrected chi connectivity index (χ4v) is 5.92. The Morgan fingerprint density at radius 1 is 1.05 bits per heavy atom. The lowest BCUT2D eigenvalue weighted by Gasteiger charge is -2.37. The zero-order valence-corrected chi connectivity index (χ0v) is 22.2.